The van der Waals surface area contributed by atoms with Gasteiger partial charge in [-0.2, -0.15) is 0 Å². The molecule has 2 heterocycles. The molecule has 0 saturated heterocycles. The van der Waals surface area contributed by atoms with Gasteiger partial charge >= 0.3 is 0 Å². The summed E-state index contributed by atoms with van der Waals surface area (Å²) in [5.74, 6) is 1.07. The van der Waals surface area contributed by atoms with Gasteiger partial charge in [-0.05, 0) is 47.9 Å². The Kier molecular flexibility index (Phi) is 5.33. The van der Waals surface area contributed by atoms with Crippen molar-refractivity contribution in [1.29, 1.82) is 0 Å². The molecule has 0 radical (unpaired) electrons. The van der Waals surface area contributed by atoms with Crippen LogP contribution in [0.15, 0.2) is 60.8 Å². The molecule has 6 heteroatoms. The number of pyridine rings is 1. The van der Waals surface area contributed by atoms with Gasteiger partial charge in [0.25, 0.3) is 5.91 Å². The summed E-state index contributed by atoms with van der Waals surface area (Å²) in [5.41, 5.74) is 4.80. The maximum Gasteiger partial charge on any atom is 0.270 e. The van der Waals surface area contributed by atoms with Gasteiger partial charge in [-0.1, -0.05) is 24.3 Å². The Labute approximate surface area is 170 Å². The van der Waals surface area contributed by atoms with Crippen molar-refractivity contribution in [3.05, 3.63) is 77.6 Å². The van der Waals surface area contributed by atoms with Crippen molar-refractivity contribution in [2.75, 3.05) is 25.7 Å². The van der Waals surface area contributed by atoms with E-state index < -0.39 is 0 Å². The smallest absolute Gasteiger partial charge is 0.270 e. The predicted molar refractivity (Wildman–Crippen MR) is 112 cm³/mol. The Morgan fingerprint density at radius 3 is 2.72 bits per heavy atom. The van der Waals surface area contributed by atoms with E-state index >= 15 is 0 Å². The van der Waals surface area contributed by atoms with E-state index in [2.05, 4.69) is 33.4 Å². The van der Waals surface area contributed by atoms with Gasteiger partial charge in [0.15, 0.2) is 11.5 Å². The van der Waals surface area contributed by atoms with Crippen LogP contribution < -0.4 is 19.7 Å². The first-order valence-corrected chi connectivity index (χ1v) is 9.50. The molecule has 0 atom stereocenters. The third kappa shape index (κ3) is 3.87. The van der Waals surface area contributed by atoms with Crippen molar-refractivity contribution in [2.45, 2.75) is 13.0 Å². The quantitative estimate of drug-likeness (QED) is 0.696. The Hall–Kier alpha value is -3.54. The van der Waals surface area contributed by atoms with E-state index in [0.29, 0.717) is 23.7 Å². The molecule has 0 spiro atoms. The number of amides is 1. The molecule has 0 bridgehead atoms. The van der Waals surface area contributed by atoms with Gasteiger partial charge in [-0.3, -0.25) is 9.78 Å². The molecule has 1 N–H and O–H groups in total. The third-order valence-corrected chi connectivity index (χ3v) is 5.08. The number of carbonyl (C=O) groups excluding carboxylic acids is 1. The summed E-state index contributed by atoms with van der Waals surface area (Å²) in [6.45, 7) is 1.27. The Bertz CT molecular complexity index is 1040. The zero-order valence-electron chi connectivity index (χ0n) is 16.5. The number of nitrogens with one attached hydrogen (secondary N) is 1. The van der Waals surface area contributed by atoms with Gasteiger partial charge in [0.05, 0.1) is 14.2 Å². The number of hydrogen-bond donors (Lipinski definition) is 1. The van der Waals surface area contributed by atoms with Crippen molar-refractivity contribution < 1.29 is 14.3 Å². The zero-order valence-corrected chi connectivity index (χ0v) is 16.5. The van der Waals surface area contributed by atoms with Crippen molar-refractivity contribution in [3.8, 4) is 11.5 Å². The lowest BCUT2D eigenvalue weighted by atomic mass is 10.2. The molecule has 6 nitrogen and oxygen atoms in total. The second-order valence-corrected chi connectivity index (χ2v) is 6.80. The Morgan fingerprint density at radius 1 is 1.07 bits per heavy atom. The standard InChI is InChI=1S/C23H23N3O3/c1-28-21-8-7-16(13-22(21)29-2)15-25-23(27)19-14-18(9-11-24-19)26-12-10-17-5-3-4-6-20(17)26/h3-9,11,13-14H,10,12,15H2,1-2H3,(H,25,27). The Morgan fingerprint density at radius 2 is 1.90 bits per heavy atom. The fourth-order valence-electron chi connectivity index (χ4n) is 3.58. The maximum atomic E-state index is 12.7. The highest BCUT2D eigenvalue weighted by atomic mass is 16.5. The van der Waals surface area contributed by atoms with Crippen molar-refractivity contribution in [3.63, 3.8) is 0 Å². The highest BCUT2D eigenvalue weighted by Crippen LogP contribution is 2.34. The molecule has 0 saturated carbocycles. The van der Waals surface area contributed by atoms with E-state index in [4.69, 9.17) is 9.47 Å². The van der Waals surface area contributed by atoms with Crippen molar-refractivity contribution >= 4 is 17.3 Å². The molecule has 3 aromatic rings. The molecule has 148 valence electrons. The van der Waals surface area contributed by atoms with Crippen LogP contribution in [0.4, 0.5) is 11.4 Å². The molecule has 29 heavy (non-hydrogen) atoms. The molecular formula is C23H23N3O3. The highest BCUT2D eigenvalue weighted by Gasteiger charge is 2.20. The van der Waals surface area contributed by atoms with E-state index in [1.165, 1.54) is 11.3 Å². The second kappa shape index (κ2) is 8.22. The molecule has 1 amide bonds. The Balaban J connectivity index is 1.47. The van der Waals surface area contributed by atoms with Crippen LogP contribution in [-0.4, -0.2) is 31.7 Å². The molecule has 0 unspecified atom stereocenters. The first-order valence-electron chi connectivity index (χ1n) is 9.50. The first-order chi connectivity index (χ1) is 14.2. The van der Waals surface area contributed by atoms with Crippen LogP contribution in [0.1, 0.15) is 21.6 Å². The molecular weight excluding hydrogens is 366 g/mol. The molecule has 1 aromatic heterocycles. The molecule has 2 aromatic carbocycles. The van der Waals surface area contributed by atoms with Gasteiger partial charge < -0.3 is 19.7 Å². The van der Waals surface area contributed by atoms with Crippen LogP contribution in [0.2, 0.25) is 0 Å². The lowest BCUT2D eigenvalue weighted by Crippen LogP contribution is -2.24. The fourth-order valence-corrected chi connectivity index (χ4v) is 3.58. The number of fused-ring (bicyclic) bond motifs is 1. The highest BCUT2D eigenvalue weighted by molar-refractivity contribution is 5.93. The largest absolute Gasteiger partial charge is 0.493 e. The number of ether oxygens (including phenoxy) is 2. The topological polar surface area (TPSA) is 63.7 Å². The molecule has 0 aliphatic carbocycles. The van der Waals surface area contributed by atoms with E-state index in [1.54, 1.807) is 20.4 Å². The predicted octanol–water partition coefficient (Wildman–Crippen LogP) is 3.72. The average molecular weight is 389 g/mol. The minimum atomic E-state index is -0.214. The number of para-hydroxylation sites is 1. The van der Waals surface area contributed by atoms with Gasteiger partial charge in [-0.25, -0.2) is 0 Å². The van der Waals surface area contributed by atoms with Gasteiger partial charge in [-0.15, -0.1) is 0 Å². The number of anilines is 2. The van der Waals surface area contributed by atoms with Crippen LogP contribution in [0, 0.1) is 0 Å². The number of benzene rings is 2. The van der Waals surface area contributed by atoms with Gasteiger partial charge in [0.2, 0.25) is 0 Å². The summed E-state index contributed by atoms with van der Waals surface area (Å²) in [6, 6.07) is 17.7. The molecule has 0 fully saturated rings. The lowest BCUT2D eigenvalue weighted by Gasteiger charge is -2.20. The van der Waals surface area contributed by atoms with Crippen LogP contribution in [0.25, 0.3) is 0 Å². The van der Waals surface area contributed by atoms with E-state index in [1.807, 2.05) is 36.4 Å². The minimum Gasteiger partial charge on any atom is -0.493 e. The number of rotatable bonds is 6. The molecule has 1 aliphatic heterocycles. The second-order valence-electron chi connectivity index (χ2n) is 6.80. The number of hydrogen-bond acceptors (Lipinski definition) is 5. The number of nitrogens with zero attached hydrogens (tertiary/aromatic N) is 2. The van der Waals surface area contributed by atoms with Crippen LogP contribution in [-0.2, 0) is 13.0 Å². The van der Waals surface area contributed by atoms with Crippen molar-refractivity contribution in [1.82, 2.24) is 10.3 Å². The van der Waals surface area contributed by atoms with Gasteiger partial charge in [0.1, 0.15) is 5.69 Å². The maximum absolute atomic E-state index is 12.7. The SMILES string of the molecule is COc1ccc(CNC(=O)c2cc(N3CCc4ccccc43)ccn2)cc1OC. The van der Waals surface area contributed by atoms with Crippen molar-refractivity contribution in [2.24, 2.45) is 0 Å². The monoisotopic (exact) mass is 389 g/mol. The number of carbonyl (C=O) groups is 1. The number of methoxy groups -OCH3 is 2. The zero-order chi connectivity index (χ0) is 20.2. The normalized spacial score (nSPS) is 12.4. The van der Waals surface area contributed by atoms with E-state index in [9.17, 15) is 4.79 Å². The summed E-state index contributed by atoms with van der Waals surface area (Å²) in [6.07, 6.45) is 2.68. The summed E-state index contributed by atoms with van der Waals surface area (Å²) in [7, 11) is 3.18. The average Bonchev–Trinajstić information content (AvgIpc) is 3.21. The number of aromatic nitrogens is 1. The summed E-state index contributed by atoms with van der Waals surface area (Å²) >= 11 is 0. The van der Waals surface area contributed by atoms with E-state index in [-0.39, 0.29) is 5.91 Å². The van der Waals surface area contributed by atoms with E-state index in [0.717, 1.165) is 24.2 Å². The fraction of sp³-hybridized carbons (Fsp3) is 0.217. The van der Waals surface area contributed by atoms with Crippen LogP contribution in [0.5, 0.6) is 11.5 Å². The lowest BCUT2D eigenvalue weighted by molar-refractivity contribution is 0.0946. The molecule has 4 rings (SSSR count). The third-order valence-electron chi connectivity index (χ3n) is 5.08. The van der Waals surface area contributed by atoms with Crippen LogP contribution in [0.3, 0.4) is 0 Å². The summed E-state index contributed by atoms with van der Waals surface area (Å²) in [5, 5.41) is 2.92. The summed E-state index contributed by atoms with van der Waals surface area (Å²) < 4.78 is 10.6. The van der Waals surface area contributed by atoms with Gasteiger partial charge in [0, 0.05) is 30.7 Å². The minimum absolute atomic E-state index is 0.214. The summed E-state index contributed by atoms with van der Waals surface area (Å²) in [4.78, 5) is 19.1. The first kappa shape index (κ1) is 18.8. The molecule has 1 aliphatic rings. The van der Waals surface area contributed by atoms with Crippen LogP contribution >= 0.6 is 0 Å².